The van der Waals surface area contributed by atoms with E-state index in [0.717, 1.165) is 98.1 Å². The molecule has 14 rings (SSSR count). The minimum atomic E-state index is -3.81. The largest absolute Gasteiger partial charge is 0.416 e. The van der Waals surface area contributed by atoms with E-state index >= 15 is 4.57 Å². The van der Waals surface area contributed by atoms with Gasteiger partial charge in [-0.1, -0.05) is 202 Å². The third-order valence-corrected chi connectivity index (χ3v) is 19.3. The molecule has 14 aromatic carbocycles. The number of fused-ring (bicyclic) bond motifs is 12. The van der Waals surface area contributed by atoms with Gasteiger partial charge in [-0.2, -0.15) is 0 Å². The number of benzene rings is 14. The summed E-state index contributed by atoms with van der Waals surface area (Å²) in [6.45, 7) is 0. The van der Waals surface area contributed by atoms with Crippen molar-refractivity contribution < 1.29 is 26.7 Å². The van der Waals surface area contributed by atoms with E-state index in [1.807, 2.05) is 133 Å². The van der Waals surface area contributed by atoms with E-state index < -0.39 is 38.2 Å². The van der Waals surface area contributed by atoms with E-state index in [-0.39, 0.29) is 5.30 Å². The van der Waals surface area contributed by atoms with Crippen LogP contribution in [0.25, 0.3) is 86.2 Å². The van der Waals surface area contributed by atoms with Crippen LogP contribution in [0.5, 0.6) is 0 Å². The Morgan fingerprint density at radius 2 is 0.558 bits per heavy atom. The Morgan fingerprint density at radius 1 is 0.299 bits per heavy atom. The summed E-state index contributed by atoms with van der Waals surface area (Å²) in [6, 6.07) is 79.4. The van der Waals surface area contributed by atoms with Crippen molar-refractivity contribution in [3.8, 4) is 0 Å². The minimum absolute atomic E-state index is 0.135. The lowest BCUT2D eigenvalue weighted by Gasteiger charge is -2.25. The molecule has 0 unspecified atom stereocenters. The molecule has 0 aromatic heterocycles. The minimum Gasteiger partial charge on any atom is -0.309 e. The van der Waals surface area contributed by atoms with Crippen LogP contribution in [0.1, 0.15) is 0 Å². The molecule has 0 heterocycles. The van der Waals surface area contributed by atoms with E-state index in [2.05, 4.69) is 101 Å². The van der Waals surface area contributed by atoms with Gasteiger partial charge in [-0.3, -0.25) is 0 Å². The number of rotatable bonds is 5. The fourth-order valence-electron chi connectivity index (χ4n) is 10.8. The van der Waals surface area contributed by atoms with Crippen molar-refractivity contribution in [2.45, 2.75) is 0 Å². The Hall–Kier alpha value is -8.31. The lowest BCUT2D eigenvalue weighted by atomic mass is 10.0. The third-order valence-electron chi connectivity index (χ3n) is 14.1. The van der Waals surface area contributed by atoms with Crippen LogP contribution in [-0.2, 0) is 9.13 Å². The molecule has 0 radical (unpaired) electrons. The zero-order valence-corrected chi connectivity index (χ0v) is 44.2. The van der Waals surface area contributed by atoms with E-state index in [1.54, 1.807) is 0 Å². The van der Waals surface area contributed by atoms with Crippen LogP contribution >= 0.6 is 30.9 Å². The van der Waals surface area contributed by atoms with Crippen LogP contribution in [-0.4, -0.2) is 0 Å². The fraction of sp³-hybridized carbons (Fsp3) is 0. The summed E-state index contributed by atoms with van der Waals surface area (Å²) in [5.74, 6) is -2.64. The predicted molar refractivity (Wildman–Crippen MR) is 320 cm³/mol. The van der Waals surface area contributed by atoms with Crippen molar-refractivity contribution in [1.29, 1.82) is 0 Å². The van der Waals surface area contributed by atoms with Crippen molar-refractivity contribution in [3.63, 3.8) is 0 Å². The topological polar surface area (TPSA) is 34.1 Å². The van der Waals surface area contributed by atoms with Crippen molar-refractivity contribution in [2.75, 3.05) is 0 Å². The van der Waals surface area contributed by atoms with E-state index in [0.29, 0.717) is 15.1 Å². The first-order chi connectivity index (χ1) is 37.5. The molecular weight excluding hydrogens is 1070 g/mol. The number of halogens is 5. The maximum Gasteiger partial charge on any atom is 0.416 e. The van der Waals surface area contributed by atoms with Gasteiger partial charge in [-0.05, 0) is 124 Å². The second kappa shape index (κ2) is 20.7. The Kier molecular flexibility index (Phi) is 13.3. The molecule has 2 nitrogen and oxygen atoms in total. The molecule has 9 heteroatoms. The molecule has 0 aliphatic carbocycles. The van der Waals surface area contributed by atoms with Gasteiger partial charge in [0.2, 0.25) is 10.6 Å². The highest BCUT2D eigenvalue weighted by molar-refractivity contribution is 9.10. The van der Waals surface area contributed by atoms with Crippen molar-refractivity contribution in [1.82, 2.24) is 0 Å². The van der Waals surface area contributed by atoms with Crippen LogP contribution < -0.4 is 26.5 Å². The van der Waals surface area contributed by atoms with Gasteiger partial charge in [0, 0.05) is 55.4 Å². The highest BCUT2D eigenvalue weighted by atomic mass is 79.9. The molecule has 0 aliphatic heterocycles. The summed E-state index contributed by atoms with van der Waals surface area (Å²) in [5, 5.41) is 19.6. The molecule has 0 saturated heterocycles. The average molecular weight is 1110 g/mol. The van der Waals surface area contributed by atoms with Crippen LogP contribution in [0.2, 0.25) is 0 Å². The second-order valence-corrected chi connectivity index (χ2v) is 23.9. The average Bonchev–Trinajstić information content (AvgIpc) is 3.49. The molecule has 0 saturated carbocycles. The fourth-order valence-corrected chi connectivity index (χ4v) is 15.9. The summed E-state index contributed by atoms with van der Waals surface area (Å²) in [7, 11) is -5.58. The summed E-state index contributed by atoms with van der Waals surface area (Å²) < 4.78 is 84.3. The highest BCUT2D eigenvalue weighted by Gasteiger charge is 2.35. The normalized spacial score (nSPS) is 11.5. The molecular formula is C68H42BrF4O2P2+. The number of hydrogen-bond donors (Lipinski definition) is 0. The smallest absolute Gasteiger partial charge is 0.309 e. The van der Waals surface area contributed by atoms with Crippen LogP contribution in [0, 0.1) is 23.3 Å². The van der Waals surface area contributed by atoms with E-state index in [9.17, 15) is 22.1 Å². The van der Waals surface area contributed by atoms with E-state index in [1.165, 1.54) is 35.0 Å². The SMILES string of the molecule is Fc1cc(F)cc(Br)c1.O=P(c1cc(F)cc(F)c1)(c1cc2ccccc2c2ccccc12)c1cc2ccccc2c2ccccc12.O=[P+](c1cc2ccccc2c2ccccc12)c1cc2ccccc2c2ccccc12. The Balaban J connectivity index is 0.000000136. The quantitative estimate of drug-likeness (QED) is 0.0978. The molecule has 0 amide bonds. The van der Waals surface area contributed by atoms with Gasteiger partial charge < -0.3 is 4.57 Å². The van der Waals surface area contributed by atoms with Gasteiger partial charge >= 0.3 is 7.80 Å². The van der Waals surface area contributed by atoms with Gasteiger partial charge in [0.25, 0.3) is 0 Å². The zero-order chi connectivity index (χ0) is 52.8. The predicted octanol–water partition coefficient (Wildman–Crippen LogP) is 18.0. The van der Waals surface area contributed by atoms with Crippen molar-refractivity contribution >= 4 is 144 Å². The molecule has 0 aliphatic rings. The van der Waals surface area contributed by atoms with Gasteiger partial charge in [0.1, 0.15) is 23.3 Å². The Labute approximate surface area is 450 Å². The van der Waals surface area contributed by atoms with Gasteiger partial charge in [0.15, 0.2) is 7.14 Å². The van der Waals surface area contributed by atoms with Crippen LogP contribution in [0.3, 0.4) is 0 Å². The lowest BCUT2D eigenvalue weighted by molar-refractivity contribution is 0.580. The molecule has 0 spiro atoms. The highest BCUT2D eigenvalue weighted by Crippen LogP contribution is 2.49. The molecule has 0 N–H and O–H groups in total. The van der Waals surface area contributed by atoms with Gasteiger partial charge in [-0.25, -0.2) is 17.6 Å². The summed E-state index contributed by atoms with van der Waals surface area (Å²) in [5.41, 5.74) is 0. The summed E-state index contributed by atoms with van der Waals surface area (Å²) >= 11 is 2.93. The first-order valence-electron chi connectivity index (χ1n) is 24.8. The lowest BCUT2D eigenvalue weighted by Crippen LogP contribution is -2.27. The first kappa shape index (κ1) is 49.6. The standard InChI is InChI=1S/C34H21F2OP.C28H18OP.C6H3BrF2/c35-24-19-25(36)21-26(20-24)38(37,33-17-22-9-1-3-11-27(22)29-13-5-7-15-31(29)33)34-18-23-10-2-4-12-28(23)30-14-6-8-16-32(30)34;29-30(27-17-19-9-1-3-11-21(19)23-13-5-7-15-25(23)27)28-18-20-10-2-4-12-22(20)24-14-6-8-16-26(24)28;7-4-1-5(8)3-6(9)2-4/h1-21H;1-18H;1-3H/q;+1;. The second-order valence-electron chi connectivity index (χ2n) is 18.8. The van der Waals surface area contributed by atoms with Crippen LogP contribution in [0.4, 0.5) is 17.6 Å². The maximum atomic E-state index is 15.9. The Morgan fingerprint density at radius 3 is 0.896 bits per heavy atom. The Bertz CT molecular complexity index is 4420. The van der Waals surface area contributed by atoms with Crippen molar-refractivity contribution in [3.05, 3.63) is 283 Å². The zero-order valence-electron chi connectivity index (χ0n) is 40.8. The molecule has 0 atom stereocenters. The van der Waals surface area contributed by atoms with Gasteiger partial charge in [-0.15, -0.1) is 0 Å². The summed E-state index contributed by atoms with van der Waals surface area (Å²) in [6.07, 6.45) is 0. The first-order valence-corrected chi connectivity index (χ1v) is 28.6. The van der Waals surface area contributed by atoms with Crippen molar-refractivity contribution in [2.24, 2.45) is 0 Å². The molecule has 370 valence electrons. The molecule has 0 bridgehead atoms. The molecule has 14 aromatic rings. The maximum absolute atomic E-state index is 15.9. The third kappa shape index (κ3) is 9.25. The monoisotopic (exact) mass is 1110 g/mol. The summed E-state index contributed by atoms with van der Waals surface area (Å²) in [4.78, 5) is 0. The van der Waals surface area contributed by atoms with Gasteiger partial charge in [0.05, 0.1) is 0 Å². The molecule has 77 heavy (non-hydrogen) atoms. The van der Waals surface area contributed by atoms with Crippen LogP contribution in [0.15, 0.2) is 259 Å². The van der Waals surface area contributed by atoms with E-state index in [4.69, 9.17) is 0 Å². The molecule has 0 fully saturated rings. The number of hydrogen-bond acceptors (Lipinski definition) is 2.